The van der Waals surface area contributed by atoms with Gasteiger partial charge in [-0.1, -0.05) is 18.7 Å². The maximum absolute atomic E-state index is 12.7. The van der Waals surface area contributed by atoms with Crippen LogP contribution in [0, 0.1) is 0 Å². The molecule has 0 rings (SSSR count). The molecule has 11 heavy (non-hydrogen) atoms. The van der Waals surface area contributed by atoms with Crippen molar-refractivity contribution in [1.82, 2.24) is 0 Å². The molecular formula is C9H11FO. The van der Waals surface area contributed by atoms with Gasteiger partial charge in [-0.15, -0.1) is 0 Å². The summed E-state index contributed by atoms with van der Waals surface area (Å²) in [4.78, 5) is 10.7. The first kappa shape index (κ1) is 9.82. The summed E-state index contributed by atoms with van der Waals surface area (Å²) in [6, 6.07) is 0. The van der Waals surface area contributed by atoms with Gasteiger partial charge < -0.3 is 0 Å². The Hall–Kier alpha value is -1.18. The van der Waals surface area contributed by atoms with Crippen LogP contribution in [-0.4, -0.2) is 5.78 Å². The Balaban J connectivity index is 4.87. The number of Topliss-reactive ketones (excluding diaryl/α,β-unsaturated/α-hetero) is 1. The van der Waals surface area contributed by atoms with Crippen molar-refractivity contribution in [3.05, 3.63) is 36.2 Å². The second-order valence-electron chi connectivity index (χ2n) is 2.02. The van der Waals surface area contributed by atoms with Crippen molar-refractivity contribution in [3.63, 3.8) is 0 Å². The molecule has 0 bridgehead atoms. The van der Waals surface area contributed by atoms with Crippen LogP contribution in [-0.2, 0) is 4.79 Å². The van der Waals surface area contributed by atoms with Crippen molar-refractivity contribution >= 4 is 5.78 Å². The first-order valence-corrected chi connectivity index (χ1v) is 3.29. The van der Waals surface area contributed by atoms with E-state index in [4.69, 9.17) is 0 Å². The highest BCUT2D eigenvalue weighted by Gasteiger charge is 2.04. The molecule has 0 saturated carbocycles. The van der Waals surface area contributed by atoms with E-state index in [1.54, 1.807) is 13.0 Å². The Labute approximate surface area is 65.9 Å². The van der Waals surface area contributed by atoms with E-state index >= 15 is 0 Å². The van der Waals surface area contributed by atoms with Crippen LogP contribution in [0.5, 0.6) is 0 Å². The molecule has 0 heterocycles. The van der Waals surface area contributed by atoms with Crippen molar-refractivity contribution in [2.45, 2.75) is 13.8 Å². The molecule has 0 spiro atoms. The van der Waals surface area contributed by atoms with Crippen molar-refractivity contribution in [3.8, 4) is 0 Å². The molecule has 0 aliphatic carbocycles. The molecule has 0 saturated heterocycles. The fourth-order valence-electron chi connectivity index (χ4n) is 0.642. The highest BCUT2D eigenvalue weighted by molar-refractivity contribution is 5.96. The van der Waals surface area contributed by atoms with Gasteiger partial charge in [0.15, 0.2) is 5.78 Å². The summed E-state index contributed by atoms with van der Waals surface area (Å²) in [5, 5.41) is 0. The summed E-state index contributed by atoms with van der Waals surface area (Å²) >= 11 is 0. The van der Waals surface area contributed by atoms with Crippen molar-refractivity contribution in [2.24, 2.45) is 0 Å². The van der Waals surface area contributed by atoms with Crippen molar-refractivity contribution < 1.29 is 9.18 Å². The third-order valence-electron chi connectivity index (χ3n) is 1.15. The minimum atomic E-state index is -0.574. The van der Waals surface area contributed by atoms with Gasteiger partial charge in [0.25, 0.3) is 0 Å². The molecule has 0 amide bonds. The van der Waals surface area contributed by atoms with Crippen LogP contribution in [0.3, 0.4) is 0 Å². The molecule has 2 heteroatoms. The third-order valence-corrected chi connectivity index (χ3v) is 1.15. The molecular weight excluding hydrogens is 143 g/mol. The van der Waals surface area contributed by atoms with Gasteiger partial charge in [0.05, 0.1) is 5.57 Å². The predicted molar refractivity (Wildman–Crippen MR) is 43.8 cm³/mol. The number of hydrogen-bond donors (Lipinski definition) is 0. The van der Waals surface area contributed by atoms with Crippen molar-refractivity contribution in [2.75, 3.05) is 0 Å². The van der Waals surface area contributed by atoms with Gasteiger partial charge in [-0.25, -0.2) is 4.39 Å². The summed E-state index contributed by atoms with van der Waals surface area (Å²) < 4.78 is 12.7. The standard InChI is InChI=1S/C9H11FO/c1-4-6-8(7(3)11)9(10)5-2/h4-6H,2H2,1,3H3/b6-4-,9-8-. The summed E-state index contributed by atoms with van der Waals surface area (Å²) in [5.41, 5.74) is 0.0718. The largest absolute Gasteiger partial charge is 0.294 e. The predicted octanol–water partition coefficient (Wildman–Crippen LogP) is 2.56. The van der Waals surface area contributed by atoms with Crippen molar-refractivity contribution in [1.29, 1.82) is 0 Å². The Bertz CT molecular complexity index is 224. The maximum atomic E-state index is 12.7. The van der Waals surface area contributed by atoms with Crippen LogP contribution >= 0.6 is 0 Å². The first-order chi connectivity index (χ1) is 5.13. The maximum Gasteiger partial charge on any atom is 0.162 e. The van der Waals surface area contributed by atoms with E-state index in [9.17, 15) is 9.18 Å². The minimum Gasteiger partial charge on any atom is -0.294 e. The highest BCUT2D eigenvalue weighted by Crippen LogP contribution is 2.09. The molecule has 0 unspecified atom stereocenters. The van der Waals surface area contributed by atoms with Gasteiger partial charge in [0.2, 0.25) is 0 Å². The second-order valence-corrected chi connectivity index (χ2v) is 2.02. The van der Waals surface area contributed by atoms with Gasteiger partial charge >= 0.3 is 0 Å². The number of hydrogen-bond acceptors (Lipinski definition) is 1. The fourth-order valence-corrected chi connectivity index (χ4v) is 0.642. The number of halogens is 1. The Morgan fingerprint density at radius 2 is 2.09 bits per heavy atom. The molecule has 0 aromatic rings. The molecule has 0 N–H and O–H groups in total. The van der Waals surface area contributed by atoms with Gasteiger partial charge in [-0.05, 0) is 19.9 Å². The number of rotatable bonds is 3. The molecule has 1 nitrogen and oxygen atoms in total. The number of allylic oxidation sites excluding steroid dienone is 5. The average Bonchev–Trinajstić information content (AvgIpc) is 1.98. The van der Waals surface area contributed by atoms with E-state index in [1.807, 2.05) is 0 Å². The lowest BCUT2D eigenvalue weighted by molar-refractivity contribution is -0.113. The third kappa shape index (κ3) is 2.94. The van der Waals surface area contributed by atoms with E-state index in [1.165, 1.54) is 13.0 Å². The molecule has 0 fully saturated rings. The molecule has 0 aliphatic rings. The summed E-state index contributed by atoms with van der Waals surface area (Å²) in [7, 11) is 0. The Kier molecular flexibility index (Phi) is 4.11. The molecule has 0 aromatic heterocycles. The van der Waals surface area contributed by atoms with Gasteiger partial charge in [-0.2, -0.15) is 0 Å². The average molecular weight is 154 g/mol. The van der Waals surface area contributed by atoms with Crippen LogP contribution in [0.15, 0.2) is 36.2 Å². The van der Waals surface area contributed by atoms with Crippen LogP contribution in [0.25, 0.3) is 0 Å². The quantitative estimate of drug-likeness (QED) is 0.451. The van der Waals surface area contributed by atoms with Crippen LogP contribution < -0.4 is 0 Å². The molecule has 0 radical (unpaired) electrons. The SMILES string of the molecule is C=C/C(F)=C(\C=C/C)C(C)=O. The Morgan fingerprint density at radius 3 is 2.36 bits per heavy atom. The lowest BCUT2D eigenvalue weighted by atomic mass is 10.1. The summed E-state index contributed by atoms with van der Waals surface area (Å²) in [6.45, 7) is 6.27. The number of carbonyl (C=O) groups excluding carboxylic acids is 1. The normalized spacial score (nSPS) is 13.0. The highest BCUT2D eigenvalue weighted by atomic mass is 19.1. The van der Waals surface area contributed by atoms with Crippen LogP contribution in [0.4, 0.5) is 4.39 Å². The zero-order valence-corrected chi connectivity index (χ0v) is 6.73. The van der Waals surface area contributed by atoms with E-state index in [-0.39, 0.29) is 11.4 Å². The Morgan fingerprint density at radius 1 is 1.55 bits per heavy atom. The molecule has 60 valence electrons. The fraction of sp³-hybridized carbons (Fsp3) is 0.222. The molecule has 0 aliphatic heterocycles. The van der Waals surface area contributed by atoms with Crippen LogP contribution in [0.2, 0.25) is 0 Å². The smallest absolute Gasteiger partial charge is 0.162 e. The van der Waals surface area contributed by atoms with E-state index < -0.39 is 5.83 Å². The lowest BCUT2D eigenvalue weighted by Gasteiger charge is -1.94. The van der Waals surface area contributed by atoms with Gasteiger partial charge in [0.1, 0.15) is 5.83 Å². The zero-order chi connectivity index (χ0) is 8.85. The van der Waals surface area contributed by atoms with E-state index in [0.717, 1.165) is 6.08 Å². The van der Waals surface area contributed by atoms with Crippen LogP contribution in [0.1, 0.15) is 13.8 Å². The van der Waals surface area contributed by atoms with E-state index in [0.29, 0.717) is 0 Å². The first-order valence-electron chi connectivity index (χ1n) is 3.29. The van der Waals surface area contributed by atoms with Gasteiger partial charge in [0, 0.05) is 0 Å². The second kappa shape index (κ2) is 4.61. The molecule has 0 aromatic carbocycles. The minimum absolute atomic E-state index is 0.0718. The topological polar surface area (TPSA) is 17.1 Å². The van der Waals surface area contributed by atoms with Gasteiger partial charge in [-0.3, -0.25) is 4.79 Å². The monoisotopic (exact) mass is 154 g/mol. The zero-order valence-electron chi connectivity index (χ0n) is 6.73. The van der Waals surface area contributed by atoms with E-state index in [2.05, 4.69) is 6.58 Å². The molecule has 0 atom stereocenters. The summed E-state index contributed by atoms with van der Waals surface area (Å²) in [6.07, 6.45) is 4.07. The number of ketones is 1. The number of carbonyl (C=O) groups is 1. The lowest BCUT2D eigenvalue weighted by Crippen LogP contribution is -1.94. The summed E-state index contributed by atoms with van der Waals surface area (Å²) in [5.74, 6) is -0.865.